The predicted octanol–water partition coefficient (Wildman–Crippen LogP) is -0.297. The van der Waals surface area contributed by atoms with Gasteiger partial charge in [0.1, 0.15) is 6.04 Å². The number of carbonyl (C=O) groups is 2. The van der Waals surface area contributed by atoms with Crippen molar-refractivity contribution in [1.82, 2.24) is 5.32 Å². The highest BCUT2D eigenvalue weighted by atomic mass is 16.4. The molecule has 0 aromatic heterocycles. The first-order valence-electron chi connectivity index (χ1n) is 4.27. The van der Waals surface area contributed by atoms with Crippen LogP contribution in [0.4, 0.5) is 0 Å². The van der Waals surface area contributed by atoms with Gasteiger partial charge in [-0.2, -0.15) is 0 Å². The summed E-state index contributed by atoms with van der Waals surface area (Å²) in [6.07, 6.45) is 1.13. The van der Waals surface area contributed by atoms with Crippen molar-refractivity contribution in [2.75, 3.05) is 0 Å². The van der Waals surface area contributed by atoms with Crippen LogP contribution in [0.25, 0.3) is 0 Å². The SMILES string of the molecule is CCCC(NC(=O)[C@@H](C)N)C(=O)O. The molecule has 0 saturated heterocycles. The molecule has 0 aliphatic rings. The number of nitrogens with one attached hydrogen (secondary N) is 1. The summed E-state index contributed by atoms with van der Waals surface area (Å²) in [7, 11) is 0. The third-order valence-electron chi connectivity index (χ3n) is 1.61. The summed E-state index contributed by atoms with van der Waals surface area (Å²) >= 11 is 0. The van der Waals surface area contributed by atoms with Gasteiger partial charge in [-0.05, 0) is 13.3 Å². The first kappa shape index (κ1) is 11.9. The lowest BCUT2D eigenvalue weighted by molar-refractivity contribution is -0.142. The van der Waals surface area contributed by atoms with Crippen molar-refractivity contribution in [1.29, 1.82) is 0 Å². The topological polar surface area (TPSA) is 92.4 Å². The van der Waals surface area contributed by atoms with E-state index in [0.29, 0.717) is 12.8 Å². The third kappa shape index (κ3) is 4.47. The number of hydrogen-bond donors (Lipinski definition) is 3. The number of amides is 1. The van der Waals surface area contributed by atoms with E-state index in [1.165, 1.54) is 6.92 Å². The van der Waals surface area contributed by atoms with Crippen LogP contribution in [0, 0.1) is 0 Å². The second-order valence-electron chi connectivity index (χ2n) is 2.98. The van der Waals surface area contributed by atoms with Crippen LogP contribution in [-0.2, 0) is 9.59 Å². The number of hydrogen-bond acceptors (Lipinski definition) is 3. The Morgan fingerprint density at radius 2 is 2.08 bits per heavy atom. The zero-order chi connectivity index (χ0) is 10.4. The Hall–Kier alpha value is -1.10. The number of carboxylic acid groups (broad SMARTS) is 1. The monoisotopic (exact) mass is 188 g/mol. The fourth-order valence-corrected chi connectivity index (χ4v) is 0.849. The zero-order valence-electron chi connectivity index (χ0n) is 7.91. The van der Waals surface area contributed by atoms with Gasteiger partial charge in [-0.15, -0.1) is 0 Å². The molecule has 76 valence electrons. The summed E-state index contributed by atoms with van der Waals surface area (Å²) in [4.78, 5) is 21.6. The summed E-state index contributed by atoms with van der Waals surface area (Å²) in [5, 5.41) is 11.0. The molecule has 0 rings (SSSR count). The molecule has 13 heavy (non-hydrogen) atoms. The highest BCUT2D eigenvalue weighted by molar-refractivity contribution is 5.86. The molecular weight excluding hydrogens is 172 g/mol. The van der Waals surface area contributed by atoms with Crippen LogP contribution in [0.2, 0.25) is 0 Å². The Balaban J connectivity index is 4.10. The molecule has 2 atom stereocenters. The van der Waals surface area contributed by atoms with Gasteiger partial charge in [0.2, 0.25) is 5.91 Å². The molecule has 0 radical (unpaired) electrons. The van der Waals surface area contributed by atoms with Crippen LogP contribution in [-0.4, -0.2) is 29.1 Å². The van der Waals surface area contributed by atoms with Crippen molar-refractivity contribution in [3.05, 3.63) is 0 Å². The molecule has 4 N–H and O–H groups in total. The van der Waals surface area contributed by atoms with E-state index in [1.807, 2.05) is 6.92 Å². The highest BCUT2D eigenvalue weighted by Gasteiger charge is 2.19. The summed E-state index contributed by atoms with van der Waals surface area (Å²) < 4.78 is 0. The maximum atomic E-state index is 11.0. The number of rotatable bonds is 5. The van der Waals surface area contributed by atoms with E-state index < -0.39 is 24.0 Å². The summed E-state index contributed by atoms with van der Waals surface area (Å²) in [5.74, 6) is -1.45. The Morgan fingerprint density at radius 3 is 2.38 bits per heavy atom. The van der Waals surface area contributed by atoms with Crippen LogP contribution in [0.5, 0.6) is 0 Å². The Bertz CT molecular complexity index is 192. The standard InChI is InChI=1S/C8H16N2O3/c1-3-4-6(8(12)13)10-7(11)5(2)9/h5-6H,3-4,9H2,1-2H3,(H,10,11)(H,12,13)/t5-,6?/m1/s1. The molecule has 0 heterocycles. The van der Waals surface area contributed by atoms with Crippen molar-refractivity contribution in [3.8, 4) is 0 Å². The molecule has 0 aromatic carbocycles. The third-order valence-corrected chi connectivity index (χ3v) is 1.61. The lowest BCUT2D eigenvalue weighted by Gasteiger charge is -2.14. The van der Waals surface area contributed by atoms with Crippen molar-refractivity contribution in [3.63, 3.8) is 0 Å². The Labute approximate surface area is 77.3 Å². The van der Waals surface area contributed by atoms with E-state index in [9.17, 15) is 9.59 Å². The second-order valence-corrected chi connectivity index (χ2v) is 2.98. The predicted molar refractivity (Wildman–Crippen MR) is 48.1 cm³/mol. The lowest BCUT2D eigenvalue weighted by Crippen LogP contribution is -2.47. The van der Waals surface area contributed by atoms with Gasteiger partial charge in [-0.1, -0.05) is 13.3 Å². The van der Waals surface area contributed by atoms with Crippen molar-refractivity contribution in [2.24, 2.45) is 5.73 Å². The van der Waals surface area contributed by atoms with E-state index in [2.05, 4.69) is 5.32 Å². The molecule has 0 aromatic rings. The Morgan fingerprint density at radius 1 is 1.54 bits per heavy atom. The molecule has 0 fully saturated rings. The number of carboxylic acids is 1. The zero-order valence-corrected chi connectivity index (χ0v) is 7.91. The van der Waals surface area contributed by atoms with E-state index in [-0.39, 0.29) is 0 Å². The van der Waals surface area contributed by atoms with Crippen LogP contribution in [0.15, 0.2) is 0 Å². The fraction of sp³-hybridized carbons (Fsp3) is 0.750. The van der Waals surface area contributed by atoms with Gasteiger partial charge in [-0.25, -0.2) is 4.79 Å². The maximum Gasteiger partial charge on any atom is 0.326 e. The van der Waals surface area contributed by atoms with Crippen LogP contribution in [0.3, 0.4) is 0 Å². The number of nitrogens with two attached hydrogens (primary N) is 1. The van der Waals surface area contributed by atoms with Gasteiger partial charge < -0.3 is 16.2 Å². The first-order valence-corrected chi connectivity index (χ1v) is 4.27. The van der Waals surface area contributed by atoms with Gasteiger partial charge in [0.05, 0.1) is 6.04 Å². The smallest absolute Gasteiger partial charge is 0.326 e. The molecule has 0 aliphatic heterocycles. The Kier molecular flexibility index (Phi) is 5.06. The summed E-state index contributed by atoms with van der Waals surface area (Å²) in [6.45, 7) is 3.37. The van der Waals surface area contributed by atoms with Gasteiger partial charge in [-0.3, -0.25) is 4.79 Å². The van der Waals surface area contributed by atoms with Crippen LogP contribution in [0.1, 0.15) is 26.7 Å². The minimum atomic E-state index is -1.02. The minimum absolute atomic E-state index is 0.424. The van der Waals surface area contributed by atoms with Crippen molar-refractivity contribution >= 4 is 11.9 Å². The quantitative estimate of drug-likeness (QED) is 0.552. The van der Waals surface area contributed by atoms with Gasteiger partial charge in [0, 0.05) is 0 Å². The highest BCUT2D eigenvalue weighted by Crippen LogP contribution is 1.96. The number of aliphatic carboxylic acids is 1. The number of carbonyl (C=O) groups excluding carboxylic acids is 1. The summed E-state index contributed by atoms with van der Waals surface area (Å²) in [6, 6.07) is -1.48. The molecule has 0 spiro atoms. The van der Waals surface area contributed by atoms with Gasteiger partial charge in [0.25, 0.3) is 0 Å². The second kappa shape index (κ2) is 5.53. The molecule has 0 bridgehead atoms. The summed E-state index contributed by atoms with van der Waals surface area (Å²) in [5.41, 5.74) is 5.28. The average molecular weight is 188 g/mol. The molecule has 0 saturated carbocycles. The molecular formula is C8H16N2O3. The van der Waals surface area contributed by atoms with Gasteiger partial charge in [0.15, 0.2) is 0 Å². The first-order chi connectivity index (χ1) is 5.99. The minimum Gasteiger partial charge on any atom is -0.480 e. The largest absolute Gasteiger partial charge is 0.480 e. The molecule has 5 heteroatoms. The molecule has 0 aliphatic carbocycles. The molecule has 1 amide bonds. The lowest BCUT2D eigenvalue weighted by atomic mass is 10.1. The van der Waals surface area contributed by atoms with Crippen LogP contribution >= 0.6 is 0 Å². The van der Waals surface area contributed by atoms with E-state index in [4.69, 9.17) is 10.8 Å². The van der Waals surface area contributed by atoms with Gasteiger partial charge >= 0.3 is 5.97 Å². The van der Waals surface area contributed by atoms with E-state index >= 15 is 0 Å². The maximum absolute atomic E-state index is 11.0. The molecule has 5 nitrogen and oxygen atoms in total. The fourth-order valence-electron chi connectivity index (χ4n) is 0.849. The average Bonchev–Trinajstić information content (AvgIpc) is 2.03. The van der Waals surface area contributed by atoms with Crippen molar-refractivity contribution < 1.29 is 14.7 Å². The normalized spacial score (nSPS) is 14.7. The van der Waals surface area contributed by atoms with E-state index in [1.54, 1.807) is 0 Å². The molecule has 1 unspecified atom stereocenters. The van der Waals surface area contributed by atoms with Crippen molar-refractivity contribution in [2.45, 2.75) is 38.8 Å². The van der Waals surface area contributed by atoms with Crippen LogP contribution < -0.4 is 11.1 Å². The van der Waals surface area contributed by atoms with E-state index in [0.717, 1.165) is 0 Å².